The molecule has 1 rings (SSSR count). The zero-order valence-electron chi connectivity index (χ0n) is 9.92. The Hall–Kier alpha value is -0.680. The van der Waals surface area contributed by atoms with Gasteiger partial charge < -0.3 is 4.74 Å². The summed E-state index contributed by atoms with van der Waals surface area (Å²) in [6.07, 6.45) is 0.370. The van der Waals surface area contributed by atoms with Crippen molar-refractivity contribution in [2.75, 3.05) is 13.2 Å². The maximum atomic E-state index is 11.6. The summed E-state index contributed by atoms with van der Waals surface area (Å²) in [6, 6.07) is 0. The lowest BCUT2D eigenvalue weighted by molar-refractivity contribution is -0.122. The second kappa shape index (κ2) is 6.15. The molecular formula is C11H17BrN2O2. The normalized spacial score (nSPS) is 10.8. The van der Waals surface area contributed by atoms with Crippen molar-refractivity contribution in [1.82, 2.24) is 9.78 Å². The first kappa shape index (κ1) is 13.4. The highest BCUT2D eigenvalue weighted by Crippen LogP contribution is 2.21. The fourth-order valence-corrected chi connectivity index (χ4v) is 1.92. The third kappa shape index (κ3) is 3.15. The predicted molar refractivity (Wildman–Crippen MR) is 65.5 cm³/mol. The van der Waals surface area contributed by atoms with Crippen molar-refractivity contribution < 1.29 is 9.53 Å². The molecule has 1 aromatic heterocycles. The zero-order chi connectivity index (χ0) is 12.1. The third-order valence-corrected chi connectivity index (χ3v) is 3.32. The van der Waals surface area contributed by atoms with E-state index in [0.717, 1.165) is 22.4 Å². The summed E-state index contributed by atoms with van der Waals surface area (Å²) in [7, 11) is 0. The van der Waals surface area contributed by atoms with Crippen LogP contribution >= 0.6 is 15.9 Å². The zero-order valence-corrected chi connectivity index (χ0v) is 11.5. The van der Waals surface area contributed by atoms with Gasteiger partial charge in [0, 0.05) is 13.2 Å². The van der Waals surface area contributed by atoms with Gasteiger partial charge in [0.15, 0.2) is 5.78 Å². The molecule has 0 aromatic carbocycles. The fourth-order valence-electron chi connectivity index (χ4n) is 1.49. The van der Waals surface area contributed by atoms with Crippen molar-refractivity contribution in [3.63, 3.8) is 0 Å². The molecule has 16 heavy (non-hydrogen) atoms. The van der Waals surface area contributed by atoms with Crippen LogP contribution in [0, 0.1) is 6.92 Å². The summed E-state index contributed by atoms with van der Waals surface area (Å²) in [5.74, 6) is 0.0807. The van der Waals surface area contributed by atoms with Gasteiger partial charge in [-0.1, -0.05) is 0 Å². The van der Waals surface area contributed by atoms with E-state index in [0.29, 0.717) is 13.0 Å². The SMILES string of the molecule is CCOCC(=O)Cc1c(Br)c(C)nn1CC. The molecule has 0 aliphatic rings. The van der Waals surface area contributed by atoms with Gasteiger partial charge in [-0.3, -0.25) is 9.48 Å². The number of ketones is 1. The Bertz CT molecular complexity index is 374. The largest absolute Gasteiger partial charge is 0.374 e. The summed E-state index contributed by atoms with van der Waals surface area (Å²) in [5.41, 5.74) is 1.85. The average molecular weight is 289 g/mol. The number of hydrogen-bond donors (Lipinski definition) is 0. The number of halogens is 1. The van der Waals surface area contributed by atoms with E-state index >= 15 is 0 Å². The summed E-state index contributed by atoms with van der Waals surface area (Å²) in [6.45, 7) is 7.32. The highest BCUT2D eigenvalue weighted by atomic mass is 79.9. The molecule has 0 saturated heterocycles. The number of aryl methyl sites for hydroxylation is 2. The molecule has 0 saturated carbocycles. The van der Waals surface area contributed by atoms with E-state index in [1.54, 1.807) is 0 Å². The lowest BCUT2D eigenvalue weighted by Gasteiger charge is -2.05. The minimum absolute atomic E-state index is 0.0807. The topological polar surface area (TPSA) is 44.1 Å². The van der Waals surface area contributed by atoms with Crippen LogP contribution in [-0.2, 0) is 22.5 Å². The van der Waals surface area contributed by atoms with Gasteiger partial charge in [-0.05, 0) is 36.7 Å². The first-order valence-corrected chi connectivity index (χ1v) is 6.20. The summed E-state index contributed by atoms with van der Waals surface area (Å²) in [5, 5.41) is 4.34. The first-order valence-electron chi connectivity index (χ1n) is 5.41. The Balaban J connectivity index is 2.75. The molecule has 90 valence electrons. The molecule has 0 unspecified atom stereocenters. The van der Waals surface area contributed by atoms with Crippen molar-refractivity contribution in [3.05, 3.63) is 15.9 Å². The number of Topliss-reactive ketones (excluding diaryl/α,β-unsaturated/α-hetero) is 1. The lowest BCUT2D eigenvalue weighted by atomic mass is 10.2. The smallest absolute Gasteiger partial charge is 0.164 e. The van der Waals surface area contributed by atoms with Gasteiger partial charge in [-0.2, -0.15) is 5.10 Å². The van der Waals surface area contributed by atoms with Crippen molar-refractivity contribution in [3.8, 4) is 0 Å². The van der Waals surface area contributed by atoms with E-state index < -0.39 is 0 Å². The van der Waals surface area contributed by atoms with Crippen LogP contribution in [0.25, 0.3) is 0 Å². The van der Waals surface area contributed by atoms with Gasteiger partial charge in [0.1, 0.15) is 6.61 Å². The highest BCUT2D eigenvalue weighted by molar-refractivity contribution is 9.10. The van der Waals surface area contributed by atoms with Gasteiger partial charge in [0.05, 0.1) is 22.3 Å². The Morgan fingerprint density at radius 2 is 2.19 bits per heavy atom. The van der Waals surface area contributed by atoms with Crippen LogP contribution in [0.1, 0.15) is 25.2 Å². The number of carbonyl (C=O) groups is 1. The van der Waals surface area contributed by atoms with E-state index in [2.05, 4.69) is 21.0 Å². The quantitative estimate of drug-likeness (QED) is 0.805. The maximum absolute atomic E-state index is 11.6. The molecule has 0 radical (unpaired) electrons. The van der Waals surface area contributed by atoms with Crippen LogP contribution in [-0.4, -0.2) is 28.8 Å². The maximum Gasteiger partial charge on any atom is 0.164 e. The molecule has 0 spiro atoms. The molecule has 5 heteroatoms. The Morgan fingerprint density at radius 1 is 1.50 bits per heavy atom. The van der Waals surface area contributed by atoms with Gasteiger partial charge in [-0.25, -0.2) is 0 Å². The summed E-state index contributed by atoms with van der Waals surface area (Å²) < 4.78 is 7.87. The molecule has 1 heterocycles. The molecule has 0 fully saturated rings. The van der Waals surface area contributed by atoms with E-state index in [4.69, 9.17) is 4.74 Å². The average Bonchev–Trinajstić information content (AvgIpc) is 2.54. The molecule has 0 bridgehead atoms. The monoisotopic (exact) mass is 288 g/mol. The van der Waals surface area contributed by atoms with Crippen LogP contribution in [0.15, 0.2) is 4.47 Å². The van der Waals surface area contributed by atoms with Gasteiger partial charge >= 0.3 is 0 Å². The van der Waals surface area contributed by atoms with Crippen molar-refractivity contribution in [1.29, 1.82) is 0 Å². The van der Waals surface area contributed by atoms with Crippen molar-refractivity contribution >= 4 is 21.7 Å². The molecule has 4 nitrogen and oxygen atoms in total. The van der Waals surface area contributed by atoms with Crippen LogP contribution < -0.4 is 0 Å². The Labute approximate surface area is 104 Å². The number of hydrogen-bond acceptors (Lipinski definition) is 3. The molecule has 0 aliphatic heterocycles. The minimum Gasteiger partial charge on any atom is -0.374 e. The minimum atomic E-state index is 0.0807. The van der Waals surface area contributed by atoms with Crippen LogP contribution in [0.2, 0.25) is 0 Å². The van der Waals surface area contributed by atoms with Crippen LogP contribution in [0.3, 0.4) is 0 Å². The first-order chi connectivity index (χ1) is 7.60. The number of aromatic nitrogens is 2. The summed E-state index contributed by atoms with van der Waals surface area (Å²) in [4.78, 5) is 11.6. The molecule has 0 atom stereocenters. The number of ether oxygens (including phenoxy) is 1. The Kier molecular flexibility index (Phi) is 5.15. The Morgan fingerprint density at radius 3 is 2.75 bits per heavy atom. The van der Waals surface area contributed by atoms with Crippen LogP contribution in [0.5, 0.6) is 0 Å². The molecule has 0 amide bonds. The second-order valence-electron chi connectivity index (χ2n) is 3.51. The van der Waals surface area contributed by atoms with Gasteiger partial charge in [0.25, 0.3) is 0 Å². The highest BCUT2D eigenvalue weighted by Gasteiger charge is 2.15. The standard InChI is InChI=1S/C11H17BrN2O2/c1-4-14-10(11(12)8(3)13-14)6-9(15)7-16-5-2/h4-7H2,1-3H3. The second-order valence-corrected chi connectivity index (χ2v) is 4.31. The third-order valence-electron chi connectivity index (χ3n) is 2.28. The number of nitrogens with zero attached hydrogens (tertiary/aromatic N) is 2. The van der Waals surface area contributed by atoms with Gasteiger partial charge in [0.2, 0.25) is 0 Å². The van der Waals surface area contributed by atoms with E-state index in [-0.39, 0.29) is 12.4 Å². The van der Waals surface area contributed by atoms with Gasteiger partial charge in [-0.15, -0.1) is 0 Å². The van der Waals surface area contributed by atoms with Crippen molar-refractivity contribution in [2.45, 2.75) is 33.7 Å². The lowest BCUT2D eigenvalue weighted by Crippen LogP contribution is -2.14. The predicted octanol–water partition coefficient (Wildman–Crippen LogP) is 2.12. The summed E-state index contributed by atoms with van der Waals surface area (Å²) >= 11 is 3.46. The fraction of sp³-hybridized carbons (Fsp3) is 0.636. The molecule has 0 aliphatic carbocycles. The number of carbonyl (C=O) groups excluding carboxylic acids is 1. The molecule has 0 N–H and O–H groups in total. The van der Waals surface area contributed by atoms with Crippen molar-refractivity contribution in [2.24, 2.45) is 0 Å². The van der Waals surface area contributed by atoms with E-state index in [9.17, 15) is 4.79 Å². The van der Waals surface area contributed by atoms with E-state index in [1.807, 2.05) is 25.5 Å². The molecular weight excluding hydrogens is 272 g/mol. The number of rotatable bonds is 6. The molecule has 1 aromatic rings. The van der Waals surface area contributed by atoms with Crippen LogP contribution in [0.4, 0.5) is 0 Å². The van der Waals surface area contributed by atoms with E-state index in [1.165, 1.54) is 0 Å².